The van der Waals surface area contributed by atoms with Crippen molar-refractivity contribution in [2.24, 2.45) is 0 Å². The highest BCUT2D eigenvalue weighted by molar-refractivity contribution is 8.48. The van der Waals surface area contributed by atoms with Gasteiger partial charge in [0.05, 0.1) is 5.41 Å². The van der Waals surface area contributed by atoms with Gasteiger partial charge in [-0.2, -0.15) is 0 Å². The van der Waals surface area contributed by atoms with Gasteiger partial charge >= 0.3 is 10.2 Å². The van der Waals surface area contributed by atoms with Crippen LogP contribution in [-0.2, 0) is 0 Å². The Hall–Kier alpha value is -0.260. The second-order valence-corrected chi connectivity index (χ2v) is 6.64. The first-order valence-corrected chi connectivity index (χ1v) is 7.97. The fourth-order valence-corrected chi connectivity index (χ4v) is 1.97. The van der Waals surface area contributed by atoms with Crippen molar-refractivity contribution in [1.29, 1.82) is 0 Å². The Balaban J connectivity index is 3.57. The minimum Gasteiger partial charge on any atom is -0.0942 e. The normalized spacial score (nSPS) is 17.1. The molecule has 0 saturated heterocycles. The summed E-state index contributed by atoms with van der Waals surface area (Å²) in [5.41, 5.74) is 0. The van der Waals surface area contributed by atoms with Crippen molar-refractivity contribution in [3.63, 3.8) is 0 Å². The average molecular weight is 280 g/mol. The smallest absolute Gasteiger partial charge is 0.0942 e. The molecule has 0 heterocycles. The molecule has 0 aromatic carbocycles. The average Bonchev–Trinajstić information content (AvgIpc) is 2.11. The summed E-state index contributed by atoms with van der Waals surface area (Å²) in [6.45, 7) is 2.10. The van der Waals surface area contributed by atoms with E-state index in [0.717, 1.165) is 32.1 Å². The Labute approximate surface area is 100.0 Å². The molecule has 0 aliphatic rings. The van der Waals surface area contributed by atoms with Gasteiger partial charge < -0.3 is 0 Å². The van der Waals surface area contributed by atoms with Crippen LogP contribution in [0.1, 0.15) is 58.3 Å². The maximum absolute atomic E-state index is 11.8. The van der Waals surface area contributed by atoms with Crippen molar-refractivity contribution in [2.45, 2.75) is 58.3 Å². The van der Waals surface area contributed by atoms with Gasteiger partial charge in [-0.05, 0) is 12.8 Å². The molecule has 0 rings (SSSR count). The van der Waals surface area contributed by atoms with Crippen molar-refractivity contribution < 1.29 is 19.4 Å². The van der Waals surface area contributed by atoms with Crippen molar-refractivity contribution in [2.75, 3.05) is 0 Å². The second-order valence-electron chi connectivity index (χ2n) is 4.31. The Morgan fingerprint density at radius 3 is 1.71 bits per heavy atom. The van der Waals surface area contributed by atoms with E-state index in [-0.39, 0.29) is 6.42 Å². The highest BCUT2D eigenvalue weighted by Gasteiger charge is 2.60. The van der Waals surface area contributed by atoms with Gasteiger partial charge in [0.1, 0.15) is 0 Å². The SMILES string of the molecule is CCCCCCCCCC=CS(F)(F)(F)(F)F. The van der Waals surface area contributed by atoms with Gasteiger partial charge in [-0.3, -0.25) is 0 Å². The molecule has 0 N–H and O–H groups in total. The van der Waals surface area contributed by atoms with E-state index in [1.165, 1.54) is 6.42 Å². The number of hydrogen-bond acceptors (Lipinski definition) is 0. The number of allylic oxidation sites excluding steroid dienone is 1. The molecule has 0 aliphatic carbocycles. The van der Waals surface area contributed by atoms with Crippen LogP contribution in [0.2, 0.25) is 0 Å². The molecule has 0 amide bonds. The fourth-order valence-electron chi connectivity index (χ4n) is 1.47. The molecule has 0 aromatic heterocycles. The maximum Gasteiger partial charge on any atom is 0.304 e. The van der Waals surface area contributed by atoms with Crippen molar-refractivity contribution in [3.05, 3.63) is 11.5 Å². The summed E-state index contributed by atoms with van der Waals surface area (Å²) in [6, 6.07) is 0. The van der Waals surface area contributed by atoms with E-state index in [0.29, 0.717) is 12.5 Å². The van der Waals surface area contributed by atoms with Crippen LogP contribution < -0.4 is 0 Å². The van der Waals surface area contributed by atoms with E-state index in [1.807, 2.05) is 0 Å². The Morgan fingerprint density at radius 1 is 0.765 bits per heavy atom. The molecular weight excluding hydrogens is 259 g/mol. The summed E-state index contributed by atoms with van der Waals surface area (Å²) in [4.78, 5) is 0. The van der Waals surface area contributed by atoms with Gasteiger partial charge in [0, 0.05) is 0 Å². The number of rotatable bonds is 9. The number of hydrogen-bond donors (Lipinski definition) is 0. The zero-order valence-electron chi connectivity index (χ0n) is 10.1. The van der Waals surface area contributed by atoms with E-state index in [2.05, 4.69) is 6.92 Å². The first kappa shape index (κ1) is 16.7. The molecule has 0 aliphatic heterocycles. The zero-order valence-corrected chi connectivity index (χ0v) is 10.9. The van der Waals surface area contributed by atoms with Crippen LogP contribution in [0, 0.1) is 0 Å². The van der Waals surface area contributed by atoms with E-state index < -0.39 is 15.6 Å². The van der Waals surface area contributed by atoms with Crippen LogP contribution in [0.5, 0.6) is 0 Å². The molecule has 106 valence electrons. The Kier molecular flexibility index (Phi) is 5.50. The molecule has 0 radical (unpaired) electrons. The van der Waals surface area contributed by atoms with E-state index in [1.54, 1.807) is 0 Å². The zero-order chi connectivity index (χ0) is 13.5. The molecule has 6 heteroatoms. The minimum absolute atomic E-state index is 0.0688. The van der Waals surface area contributed by atoms with Gasteiger partial charge in [0.2, 0.25) is 0 Å². The summed E-state index contributed by atoms with van der Waals surface area (Å²) in [5.74, 6) is 0. The molecule has 17 heavy (non-hydrogen) atoms. The van der Waals surface area contributed by atoms with Crippen molar-refractivity contribution >= 4 is 10.2 Å². The van der Waals surface area contributed by atoms with E-state index in [9.17, 15) is 19.4 Å². The van der Waals surface area contributed by atoms with E-state index in [4.69, 9.17) is 0 Å². The van der Waals surface area contributed by atoms with Gasteiger partial charge in [0.15, 0.2) is 0 Å². The third-order valence-corrected chi connectivity index (χ3v) is 3.03. The van der Waals surface area contributed by atoms with Crippen LogP contribution in [0.25, 0.3) is 0 Å². The summed E-state index contributed by atoms with van der Waals surface area (Å²) < 4.78 is 59.2. The van der Waals surface area contributed by atoms with Crippen molar-refractivity contribution in [3.8, 4) is 0 Å². The molecule has 0 spiro atoms. The summed E-state index contributed by atoms with van der Waals surface area (Å²) in [6.07, 6.45) is 7.44. The lowest BCUT2D eigenvalue weighted by molar-refractivity contribution is 0.384. The molecule has 0 bridgehead atoms. The second kappa shape index (κ2) is 5.59. The third kappa shape index (κ3) is 15.7. The first-order valence-electron chi connectivity index (χ1n) is 5.96. The molecule has 0 saturated carbocycles. The van der Waals surface area contributed by atoms with Crippen molar-refractivity contribution in [1.82, 2.24) is 0 Å². The molecule has 0 unspecified atom stereocenters. The summed E-state index contributed by atoms with van der Waals surface area (Å²) in [7, 11) is -9.31. The molecule has 0 fully saturated rings. The lowest BCUT2D eigenvalue weighted by Gasteiger charge is -2.36. The largest absolute Gasteiger partial charge is 0.304 e. The van der Waals surface area contributed by atoms with Gasteiger partial charge in [-0.15, -0.1) is 0 Å². The summed E-state index contributed by atoms with van der Waals surface area (Å²) in [5, 5.41) is -0.836. The first-order chi connectivity index (χ1) is 7.54. The van der Waals surface area contributed by atoms with Crippen LogP contribution >= 0.6 is 10.2 Å². The topological polar surface area (TPSA) is 0 Å². The number of halogens is 5. The summed E-state index contributed by atoms with van der Waals surface area (Å²) >= 11 is 0. The van der Waals surface area contributed by atoms with E-state index >= 15 is 0 Å². The van der Waals surface area contributed by atoms with Gasteiger partial charge in [-0.1, -0.05) is 71.0 Å². The quantitative estimate of drug-likeness (QED) is 0.317. The minimum atomic E-state index is -9.31. The lowest BCUT2D eigenvalue weighted by atomic mass is 10.1. The standard InChI is InChI=1S/C11H21F5S/c1-2-3-4-5-6-7-8-9-10-11-17(12,13,14,15)16/h10-11H,2-9H2,1H3. The van der Waals surface area contributed by atoms with Crippen LogP contribution in [0.3, 0.4) is 0 Å². The van der Waals surface area contributed by atoms with Gasteiger partial charge in [-0.25, -0.2) is 0 Å². The number of unbranched alkanes of at least 4 members (excludes halogenated alkanes) is 7. The Morgan fingerprint density at radius 2 is 1.24 bits per heavy atom. The van der Waals surface area contributed by atoms with Crippen LogP contribution in [-0.4, -0.2) is 0 Å². The predicted octanol–water partition coefficient (Wildman–Crippen LogP) is 6.94. The highest BCUT2D eigenvalue weighted by atomic mass is 32.5. The molecule has 0 aromatic rings. The molecule has 0 nitrogen and oxygen atoms in total. The monoisotopic (exact) mass is 280 g/mol. The Bertz CT molecular complexity index is 240. The van der Waals surface area contributed by atoms with Crippen LogP contribution in [0.4, 0.5) is 19.4 Å². The third-order valence-electron chi connectivity index (χ3n) is 2.33. The lowest BCUT2D eigenvalue weighted by Crippen LogP contribution is -1.98. The highest BCUT2D eigenvalue weighted by Crippen LogP contribution is 2.98. The van der Waals surface area contributed by atoms with Gasteiger partial charge in [0.25, 0.3) is 0 Å². The molecule has 0 atom stereocenters. The maximum atomic E-state index is 11.8. The fraction of sp³-hybridized carbons (Fsp3) is 0.818. The van der Waals surface area contributed by atoms with Crippen LogP contribution in [0.15, 0.2) is 11.5 Å². The predicted molar refractivity (Wildman–Crippen MR) is 64.9 cm³/mol. The molecular formula is C11H21F5S.